The van der Waals surface area contributed by atoms with E-state index in [9.17, 15) is 4.79 Å². The van der Waals surface area contributed by atoms with E-state index in [1.54, 1.807) is 7.11 Å². The van der Waals surface area contributed by atoms with Gasteiger partial charge in [0.2, 0.25) is 0 Å². The van der Waals surface area contributed by atoms with Crippen molar-refractivity contribution in [3.05, 3.63) is 90.0 Å². The van der Waals surface area contributed by atoms with Gasteiger partial charge in [-0.3, -0.25) is 0 Å². The van der Waals surface area contributed by atoms with E-state index in [0.717, 1.165) is 38.8 Å². The van der Waals surface area contributed by atoms with Crippen molar-refractivity contribution < 1.29 is 14.3 Å². The molecule has 0 fully saturated rings. The number of hydrogen-bond acceptors (Lipinski definition) is 3. The van der Waals surface area contributed by atoms with Crippen LogP contribution in [0.5, 0.6) is 5.75 Å². The van der Waals surface area contributed by atoms with E-state index >= 15 is 0 Å². The van der Waals surface area contributed by atoms with Gasteiger partial charge in [0, 0.05) is 0 Å². The quantitative estimate of drug-likeness (QED) is 0.390. The van der Waals surface area contributed by atoms with Gasteiger partial charge >= 0.3 is 5.97 Å². The van der Waals surface area contributed by atoms with Crippen molar-refractivity contribution in [2.24, 2.45) is 0 Å². The Bertz CT molecular complexity index is 1170. The molecule has 0 radical (unpaired) electrons. The van der Waals surface area contributed by atoms with Gasteiger partial charge in [-0.05, 0) is 70.3 Å². The van der Waals surface area contributed by atoms with Gasteiger partial charge in [-0.1, -0.05) is 54.1 Å². The fraction of sp³-hybridized carbons (Fsp3) is 0.115. The van der Waals surface area contributed by atoms with Crippen molar-refractivity contribution in [2.75, 3.05) is 14.2 Å². The summed E-state index contributed by atoms with van der Waals surface area (Å²) < 4.78 is 10.3. The van der Waals surface area contributed by atoms with Crippen LogP contribution in [0, 0.1) is 6.92 Å². The SMILES string of the molecule is COC(=O)c1cc2cc(-c3ccc(OC)cc3)ccc2cc1-c1ccc(C)cc1. The van der Waals surface area contributed by atoms with Crippen LogP contribution in [0.1, 0.15) is 15.9 Å². The van der Waals surface area contributed by atoms with Crippen LogP contribution in [-0.2, 0) is 4.74 Å². The Morgan fingerprint density at radius 2 is 1.34 bits per heavy atom. The lowest BCUT2D eigenvalue weighted by Crippen LogP contribution is -2.04. The number of aryl methyl sites for hydroxylation is 1. The van der Waals surface area contributed by atoms with Crippen LogP contribution in [0.2, 0.25) is 0 Å². The third kappa shape index (κ3) is 3.72. The largest absolute Gasteiger partial charge is 0.497 e. The van der Waals surface area contributed by atoms with Gasteiger partial charge in [0.25, 0.3) is 0 Å². The van der Waals surface area contributed by atoms with E-state index in [1.165, 1.54) is 12.7 Å². The first-order valence-electron chi connectivity index (χ1n) is 9.46. The first-order valence-corrected chi connectivity index (χ1v) is 9.46. The third-order valence-corrected chi connectivity index (χ3v) is 5.17. The van der Waals surface area contributed by atoms with Crippen molar-refractivity contribution in [2.45, 2.75) is 6.92 Å². The first kappa shape index (κ1) is 18.8. The van der Waals surface area contributed by atoms with Crippen LogP contribution in [0.3, 0.4) is 0 Å². The zero-order chi connectivity index (χ0) is 20.4. The van der Waals surface area contributed by atoms with E-state index in [1.807, 2.05) is 61.5 Å². The molecule has 29 heavy (non-hydrogen) atoms. The van der Waals surface area contributed by atoms with Crippen LogP contribution in [-0.4, -0.2) is 20.2 Å². The minimum atomic E-state index is -0.336. The predicted molar refractivity (Wildman–Crippen MR) is 117 cm³/mol. The topological polar surface area (TPSA) is 35.5 Å². The summed E-state index contributed by atoms with van der Waals surface area (Å²) >= 11 is 0. The Morgan fingerprint density at radius 1 is 0.690 bits per heavy atom. The van der Waals surface area contributed by atoms with E-state index in [0.29, 0.717) is 5.56 Å². The van der Waals surface area contributed by atoms with Crippen LogP contribution in [0.4, 0.5) is 0 Å². The van der Waals surface area contributed by atoms with Gasteiger partial charge in [0.05, 0.1) is 19.8 Å². The van der Waals surface area contributed by atoms with Crippen LogP contribution in [0.25, 0.3) is 33.0 Å². The van der Waals surface area contributed by atoms with Crippen molar-refractivity contribution in [3.63, 3.8) is 0 Å². The number of rotatable bonds is 4. The monoisotopic (exact) mass is 382 g/mol. The smallest absolute Gasteiger partial charge is 0.338 e. The fourth-order valence-corrected chi connectivity index (χ4v) is 3.51. The molecule has 0 spiro atoms. The average Bonchev–Trinajstić information content (AvgIpc) is 2.78. The maximum absolute atomic E-state index is 12.5. The van der Waals surface area contributed by atoms with E-state index in [2.05, 4.69) is 24.3 Å². The van der Waals surface area contributed by atoms with Gasteiger partial charge in [0.15, 0.2) is 0 Å². The number of benzene rings is 4. The van der Waals surface area contributed by atoms with Crippen molar-refractivity contribution >= 4 is 16.7 Å². The lowest BCUT2D eigenvalue weighted by Gasteiger charge is -2.12. The summed E-state index contributed by atoms with van der Waals surface area (Å²) in [5, 5.41) is 2.07. The fourth-order valence-electron chi connectivity index (χ4n) is 3.51. The molecule has 0 aliphatic rings. The molecule has 0 N–H and O–H groups in total. The van der Waals surface area contributed by atoms with Gasteiger partial charge in [-0.15, -0.1) is 0 Å². The summed E-state index contributed by atoms with van der Waals surface area (Å²) in [6, 6.07) is 26.4. The van der Waals surface area contributed by atoms with Gasteiger partial charge in [-0.25, -0.2) is 4.79 Å². The minimum absolute atomic E-state index is 0.336. The second-order valence-electron chi connectivity index (χ2n) is 7.05. The molecule has 144 valence electrons. The second kappa shape index (κ2) is 7.80. The van der Waals surface area contributed by atoms with E-state index in [4.69, 9.17) is 9.47 Å². The molecule has 0 heterocycles. The average molecular weight is 382 g/mol. The zero-order valence-electron chi connectivity index (χ0n) is 16.7. The molecule has 3 nitrogen and oxygen atoms in total. The molecular formula is C26H22O3. The molecule has 0 aromatic heterocycles. The van der Waals surface area contributed by atoms with E-state index < -0.39 is 0 Å². The molecule has 0 bridgehead atoms. The highest BCUT2D eigenvalue weighted by Crippen LogP contribution is 2.32. The summed E-state index contributed by atoms with van der Waals surface area (Å²) in [4.78, 5) is 12.5. The van der Waals surface area contributed by atoms with Gasteiger partial charge < -0.3 is 9.47 Å². The Labute approximate surface area is 170 Å². The lowest BCUT2D eigenvalue weighted by atomic mass is 9.93. The summed E-state index contributed by atoms with van der Waals surface area (Å²) in [7, 11) is 3.07. The second-order valence-corrected chi connectivity index (χ2v) is 7.05. The molecule has 0 aliphatic heterocycles. The van der Waals surface area contributed by atoms with Gasteiger partial charge in [-0.2, -0.15) is 0 Å². The minimum Gasteiger partial charge on any atom is -0.497 e. The Kier molecular flexibility index (Phi) is 5.05. The molecule has 4 aromatic rings. The predicted octanol–water partition coefficient (Wildman–Crippen LogP) is 6.28. The molecule has 3 heteroatoms. The number of ether oxygens (including phenoxy) is 2. The summed E-state index contributed by atoms with van der Waals surface area (Å²) in [6.45, 7) is 2.05. The summed E-state index contributed by atoms with van der Waals surface area (Å²) in [5.41, 5.74) is 5.79. The maximum Gasteiger partial charge on any atom is 0.338 e. The van der Waals surface area contributed by atoms with Crippen LogP contribution in [0.15, 0.2) is 78.9 Å². The van der Waals surface area contributed by atoms with Crippen LogP contribution < -0.4 is 4.74 Å². The number of carbonyl (C=O) groups is 1. The number of esters is 1. The van der Waals surface area contributed by atoms with Gasteiger partial charge in [0.1, 0.15) is 5.75 Å². The highest BCUT2D eigenvalue weighted by atomic mass is 16.5. The van der Waals surface area contributed by atoms with Crippen molar-refractivity contribution in [1.29, 1.82) is 0 Å². The molecule has 0 saturated heterocycles. The Morgan fingerprint density at radius 3 is 2.00 bits per heavy atom. The zero-order valence-corrected chi connectivity index (χ0v) is 16.7. The number of carbonyl (C=O) groups excluding carboxylic acids is 1. The van der Waals surface area contributed by atoms with Crippen molar-refractivity contribution in [3.8, 4) is 28.0 Å². The molecule has 4 rings (SSSR count). The summed E-state index contributed by atoms with van der Waals surface area (Å²) in [5.74, 6) is 0.489. The standard InChI is InChI=1S/C26H22O3/c1-17-4-6-19(7-5-17)24-15-21-9-8-20(18-10-12-23(28-2)13-11-18)14-22(21)16-25(24)26(27)29-3/h4-16H,1-3H3. The number of methoxy groups -OCH3 is 2. The molecule has 0 amide bonds. The normalized spacial score (nSPS) is 10.7. The van der Waals surface area contributed by atoms with E-state index in [-0.39, 0.29) is 5.97 Å². The van der Waals surface area contributed by atoms with Crippen molar-refractivity contribution in [1.82, 2.24) is 0 Å². The Hall–Kier alpha value is -3.59. The number of fused-ring (bicyclic) bond motifs is 1. The lowest BCUT2D eigenvalue weighted by molar-refractivity contribution is 0.0602. The molecule has 0 saturated carbocycles. The van der Waals surface area contributed by atoms with Crippen LogP contribution >= 0.6 is 0 Å². The molecule has 0 aliphatic carbocycles. The Balaban J connectivity index is 1.85. The maximum atomic E-state index is 12.5. The molecular weight excluding hydrogens is 360 g/mol. The third-order valence-electron chi connectivity index (χ3n) is 5.17. The molecule has 0 unspecified atom stereocenters. The highest BCUT2D eigenvalue weighted by molar-refractivity contribution is 6.03. The molecule has 0 atom stereocenters. The number of hydrogen-bond donors (Lipinski definition) is 0. The highest BCUT2D eigenvalue weighted by Gasteiger charge is 2.15. The first-order chi connectivity index (χ1) is 14.1. The summed E-state index contributed by atoms with van der Waals surface area (Å²) in [6.07, 6.45) is 0. The molecule has 4 aromatic carbocycles.